The second-order valence-corrected chi connectivity index (χ2v) is 4.88. The van der Waals surface area contributed by atoms with Crippen LogP contribution in [0.25, 0.3) is 0 Å². The first-order valence-electron chi connectivity index (χ1n) is 5.13. The van der Waals surface area contributed by atoms with Gasteiger partial charge in [-0.25, -0.2) is 5.12 Å². The fourth-order valence-electron chi connectivity index (χ4n) is 1.46. The molecule has 0 bridgehead atoms. The molecule has 1 aliphatic heterocycles. The summed E-state index contributed by atoms with van der Waals surface area (Å²) in [6.07, 6.45) is -0.822. The van der Waals surface area contributed by atoms with Crippen molar-refractivity contribution in [3.63, 3.8) is 0 Å². The zero-order valence-corrected chi connectivity index (χ0v) is 11.3. The van der Waals surface area contributed by atoms with Crippen molar-refractivity contribution < 1.29 is 5.11 Å². The van der Waals surface area contributed by atoms with Gasteiger partial charge in [-0.05, 0) is 17.7 Å². The summed E-state index contributed by atoms with van der Waals surface area (Å²) in [5.74, 6) is 0.356. The third-order valence-electron chi connectivity index (χ3n) is 2.34. The Morgan fingerprint density at radius 2 is 2.18 bits per heavy atom. The number of hydrazine groups is 1. The number of aliphatic hydroxyl groups is 1. The van der Waals surface area contributed by atoms with Gasteiger partial charge in [-0.15, -0.1) is 16.7 Å². The van der Waals surface area contributed by atoms with Gasteiger partial charge in [0.1, 0.15) is 0 Å². The minimum absolute atomic E-state index is 0.200. The molecule has 2 atom stereocenters. The molecule has 0 saturated carbocycles. The molecule has 5 nitrogen and oxygen atoms in total. The smallest absolute Gasteiger partial charge is 0.154 e. The van der Waals surface area contributed by atoms with Gasteiger partial charge in [0.05, 0.1) is 18.5 Å². The first kappa shape index (κ1) is 12.8. The molecule has 0 aliphatic carbocycles. The maximum Gasteiger partial charge on any atom is 0.154 e. The van der Waals surface area contributed by atoms with Crippen molar-refractivity contribution in [1.82, 2.24) is 10.5 Å². The van der Waals surface area contributed by atoms with E-state index in [1.807, 2.05) is 24.3 Å². The van der Waals surface area contributed by atoms with Gasteiger partial charge in [-0.3, -0.25) is 0 Å². The summed E-state index contributed by atoms with van der Waals surface area (Å²) in [5.41, 5.74) is 3.78. The zero-order valence-electron chi connectivity index (χ0n) is 8.92. The topological polar surface area (TPSA) is 60.2 Å². The molecule has 0 aromatic heterocycles. The fraction of sp³-hybridized carbons (Fsp3) is 0.400. The van der Waals surface area contributed by atoms with Gasteiger partial charge in [0, 0.05) is 4.47 Å². The minimum atomic E-state index is -0.622. The van der Waals surface area contributed by atoms with Crippen LogP contribution in [0.1, 0.15) is 11.7 Å². The Hall–Kier alpha value is -0.690. The highest BCUT2D eigenvalue weighted by molar-refractivity contribution is 9.10. The Morgan fingerprint density at radius 1 is 1.47 bits per heavy atom. The third kappa shape index (κ3) is 3.38. The average molecular weight is 320 g/mol. The molecule has 2 N–H and O–H groups in total. The number of β-amino-alcohol motifs (C(OH)–C–C–N with tert-alkyl or cyclic N) is 1. The molecule has 1 unspecified atom stereocenters. The Morgan fingerprint density at radius 3 is 2.76 bits per heavy atom. The van der Waals surface area contributed by atoms with Gasteiger partial charge >= 0.3 is 0 Å². The number of halogens is 2. The Labute approximate surface area is 113 Å². The van der Waals surface area contributed by atoms with E-state index in [1.165, 1.54) is 5.12 Å². The third-order valence-corrected chi connectivity index (χ3v) is 3.16. The van der Waals surface area contributed by atoms with E-state index in [0.29, 0.717) is 12.4 Å². The lowest BCUT2D eigenvalue weighted by Crippen LogP contribution is -2.38. The average Bonchev–Trinajstić information content (AvgIpc) is 2.77. The van der Waals surface area contributed by atoms with Crippen LogP contribution in [-0.2, 0) is 0 Å². The van der Waals surface area contributed by atoms with Gasteiger partial charge in [0.15, 0.2) is 6.17 Å². The van der Waals surface area contributed by atoms with Crippen molar-refractivity contribution >= 4 is 27.5 Å². The van der Waals surface area contributed by atoms with E-state index < -0.39 is 6.10 Å². The molecular weight excluding hydrogens is 307 g/mol. The summed E-state index contributed by atoms with van der Waals surface area (Å²) in [6, 6.07) is 7.50. The van der Waals surface area contributed by atoms with Crippen molar-refractivity contribution in [2.75, 3.05) is 12.4 Å². The summed E-state index contributed by atoms with van der Waals surface area (Å²) in [6.45, 7) is 0.332. The second-order valence-electron chi connectivity index (χ2n) is 3.65. The Balaban J connectivity index is 1.91. The SMILES string of the molecule is O[C@@H](CN1N=NC(CCl)N1)c1ccc(Br)cc1. The van der Waals surface area contributed by atoms with Crippen LogP contribution in [0, 0.1) is 0 Å². The van der Waals surface area contributed by atoms with Crippen LogP contribution in [0.2, 0.25) is 0 Å². The van der Waals surface area contributed by atoms with E-state index in [9.17, 15) is 5.11 Å². The van der Waals surface area contributed by atoms with Crippen LogP contribution in [0.3, 0.4) is 0 Å². The molecule has 1 aromatic rings. The number of hydrogen-bond acceptors (Lipinski definition) is 5. The molecule has 1 heterocycles. The van der Waals surface area contributed by atoms with Gasteiger partial charge in [0.25, 0.3) is 0 Å². The van der Waals surface area contributed by atoms with Crippen molar-refractivity contribution in [1.29, 1.82) is 0 Å². The van der Waals surface area contributed by atoms with Crippen LogP contribution in [0.4, 0.5) is 0 Å². The molecule has 1 aromatic carbocycles. The summed E-state index contributed by atoms with van der Waals surface area (Å²) in [7, 11) is 0. The van der Waals surface area contributed by atoms with Crippen molar-refractivity contribution in [2.24, 2.45) is 10.3 Å². The molecular formula is C10H12BrClN4O. The van der Waals surface area contributed by atoms with E-state index in [2.05, 4.69) is 31.7 Å². The lowest BCUT2D eigenvalue weighted by atomic mass is 10.1. The monoisotopic (exact) mass is 318 g/mol. The van der Waals surface area contributed by atoms with E-state index in [0.717, 1.165) is 10.0 Å². The van der Waals surface area contributed by atoms with E-state index in [1.54, 1.807) is 0 Å². The number of alkyl halides is 1. The highest BCUT2D eigenvalue weighted by atomic mass is 79.9. The molecule has 0 saturated heterocycles. The Bertz CT molecular complexity index is 400. The molecule has 0 amide bonds. The van der Waals surface area contributed by atoms with Crippen molar-refractivity contribution in [3.05, 3.63) is 34.3 Å². The predicted molar refractivity (Wildman–Crippen MR) is 68.3 cm³/mol. The highest BCUT2D eigenvalue weighted by Crippen LogP contribution is 2.18. The first-order chi connectivity index (χ1) is 8.19. The maximum absolute atomic E-state index is 10.00. The number of nitrogens with zero attached hydrogens (tertiary/aromatic N) is 3. The van der Waals surface area contributed by atoms with E-state index in [4.69, 9.17) is 11.6 Å². The van der Waals surface area contributed by atoms with Crippen molar-refractivity contribution in [2.45, 2.75) is 12.3 Å². The summed E-state index contributed by atoms with van der Waals surface area (Å²) in [5, 5.41) is 19.2. The van der Waals surface area contributed by atoms with Crippen LogP contribution in [0.5, 0.6) is 0 Å². The standard InChI is InChI=1S/C10H12BrClN4O/c11-8-3-1-7(2-4-8)9(17)6-16-14-10(5-12)13-15-16/h1-4,9-10,14,17H,5-6H2/t9-,10?/m0/s1. The molecule has 2 rings (SSSR count). The lowest BCUT2D eigenvalue weighted by molar-refractivity contribution is 0.0903. The second kappa shape index (κ2) is 5.77. The van der Waals surface area contributed by atoms with Crippen LogP contribution >= 0.6 is 27.5 Å². The summed E-state index contributed by atoms with van der Waals surface area (Å²) in [4.78, 5) is 0. The highest BCUT2D eigenvalue weighted by Gasteiger charge is 2.20. The molecule has 0 radical (unpaired) electrons. The van der Waals surface area contributed by atoms with Gasteiger partial charge in [-0.1, -0.05) is 33.3 Å². The zero-order chi connectivity index (χ0) is 12.3. The first-order valence-corrected chi connectivity index (χ1v) is 6.46. The predicted octanol–water partition coefficient (Wildman–Crippen LogP) is 2.23. The molecule has 92 valence electrons. The number of benzene rings is 1. The van der Waals surface area contributed by atoms with E-state index in [-0.39, 0.29) is 6.17 Å². The number of aliphatic hydroxyl groups excluding tert-OH is 1. The lowest BCUT2D eigenvalue weighted by Gasteiger charge is -2.18. The van der Waals surface area contributed by atoms with Gasteiger partial charge < -0.3 is 5.11 Å². The normalized spacial score (nSPS) is 20.9. The number of rotatable bonds is 4. The molecule has 1 aliphatic rings. The van der Waals surface area contributed by atoms with E-state index >= 15 is 0 Å². The maximum atomic E-state index is 10.00. The fourth-order valence-corrected chi connectivity index (χ4v) is 1.85. The summed E-state index contributed by atoms with van der Waals surface area (Å²) < 4.78 is 0.981. The number of nitrogens with one attached hydrogen (secondary N) is 1. The Kier molecular flexibility index (Phi) is 4.33. The van der Waals surface area contributed by atoms with Crippen LogP contribution < -0.4 is 5.43 Å². The van der Waals surface area contributed by atoms with Crippen LogP contribution in [0.15, 0.2) is 39.1 Å². The summed E-state index contributed by atoms with van der Waals surface area (Å²) >= 11 is 8.98. The molecule has 0 fully saturated rings. The van der Waals surface area contributed by atoms with Crippen LogP contribution in [-0.4, -0.2) is 28.8 Å². The van der Waals surface area contributed by atoms with Gasteiger partial charge in [0.2, 0.25) is 0 Å². The molecule has 7 heteroatoms. The quantitative estimate of drug-likeness (QED) is 0.837. The number of hydrogen-bond donors (Lipinski definition) is 2. The van der Waals surface area contributed by atoms with Crippen molar-refractivity contribution in [3.8, 4) is 0 Å². The van der Waals surface area contributed by atoms with Gasteiger partial charge in [-0.2, -0.15) is 5.43 Å². The largest absolute Gasteiger partial charge is 0.386 e. The molecule has 17 heavy (non-hydrogen) atoms. The molecule has 0 spiro atoms. The minimum Gasteiger partial charge on any atom is -0.386 e.